The predicted octanol–water partition coefficient (Wildman–Crippen LogP) is 2.43. The quantitative estimate of drug-likeness (QED) is 0.314. The highest BCUT2D eigenvalue weighted by atomic mass is 127. The van der Waals surface area contributed by atoms with Crippen LogP contribution in [0.2, 0.25) is 5.02 Å². The standard InChI is InChI=1S/C18H19ClN8O.HI/c19-14-4-1-3-13(11-14)16-24-15(28-25-16)12-23-17(20)26-7-9-27(10-8-26)18-21-5-2-6-22-18;/h1-6,11H,7-10,12H2,(H2,20,23);1H. The first-order valence-corrected chi connectivity index (χ1v) is 9.22. The van der Waals surface area contributed by atoms with Gasteiger partial charge in [0.25, 0.3) is 0 Å². The number of hydrogen-bond acceptors (Lipinski definition) is 7. The fourth-order valence-corrected chi connectivity index (χ4v) is 3.09. The summed E-state index contributed by atoms with van der Waals surface area (Å²) in [4.78, 5) is 21.4. The third kappa shape index (κ3) is 5.32. The molecule has 0 bridgehead atoms. The summed E-state index contributed by atoms with van der Waals surface area (Å²) in [5, 5.41) is 4.59. The smallest absolute Gasteiger partial charge is 0.248 e. The van der Waals surface area contributed by atoms with Gasteiger partial charge >= 0.3 is 0 Å². The van der Waals surface area contributed by atoms with Gasteiger partial charge in [0.15, 0.2) is 5.96 Å². The number of benzene rings is 1. The molecule has 1 aliphatic rings. The van der Waals surface area contributed by atoms with Crippen molar-refractivity contribution in [3.05, 3.63) is 53.6 Å². The average molecular weight is 527 g/mol. The van der Waals surface area contributed by atoms with Crippen LogP contribution in [0, 0.1) is 0 Å². The van der Waals surface area contributed by atoms with Crippen LogP contribution in [0.5, 0.6) is 0 Å². The summed E-state index contributed by atoms with van der Waals surface area (Å²) in [5.74, 6) is 2.06. The highest BCUT2D eigenvalue weighted by Crippen LogP contribution is 2.20. The van der Waals surface area contributed by atoms with Crippen LogP contribution in [0.25, 0.3) is 11.4 Å². The summed E-state index contributed by atoms with van der Waals surface area (Å²) >= 11 is 6.00. The minimum absolute atomic E-state index is 0. The van der Waals surface area contributed by atoms with E-state index in [2.05, 4.69) is 30.0 Å². The maximum Gasteiger partial charge on any atom is 0.248 e. The van der Waals surface area contributed by atoms with Gasteiger partial charge < -0.3 is 20.1 Å². The van der Waals surface area contributed by atoms with E-state index in [1.54, 1.807) is 30.6 Å². The molecule has 3 aromatic rings. The van der Waals surface area contributed by atoms with Crippen molar-refractivity contribution in [2.45, 2.75) is 6.54 Å². The van der Waals surface area contributed by atoms with E-state index in [4.69, 9.17) is 21.9 Å². The average Bonchev–Trinajstić information content (AvgIpc) is 3.22. The van der Waals surface area contributed by atoms with E-state index in [-0.39, 0.29) is 30.5 Å². The molecule has 0 spiro atoms. The second kappa shape index (κ2) is 9.83. The molecule has 0 unspecified atom stereocenters. The Hall–Kier alpha value is -2.47. The summed E-state index contributed by atoms with van der Waals surface area (Å²) in [7, 11) is 0. The lowest BCUT2D eigenvalue weighted by Crippen LogP contribution is -2.51. The number of aliphatic imine (C=N–C) groups is 1. The second-order valence-corrected chi connectivity index (χ2v) is 6.66. The molecule has 29 heavy (non-hydrogen) atoms. The summed E-state index contributed by atoms with van der Waals surface area (Å²) in [6, 6.07) is 9.09. The van der Waals surface area contributed by atoms with Gasteiger partial charge in [-0.05, 0) is 18.2 Å². The Labute approximate surface area is 190 Å². The summed E-state index contributed by atoms with van der Waals surface area (Å²) in [6.45, 7) is 3.26. The second-order valence-electron chi connectivity index (χ2n) is 6.22. The molecule has 0 amide bonds. The third-order valence-corrected chi connectivity index (χ3v) is 4.60. The van der Waals surface area contributed by atoms with Gasteiger partial charge in [0.05, 0.1) is 0 Å². The van der Waals surface area contributed by atoms with Crippen molar-refractivity contribution < 1.29 is 4.52 Å². The molecule has 1 saturated heterocycles. The minimum Gasteiger partial charge on any atom is -0.370 e. The SMILES string of the molecule is I.NC(=NCc1nc(-c2cccc(Cl)c2)no1)N1CCN(c2ncccn2)CC1. The van der Waals surface area contributed by atoms with Crippen molar-refractivity contribution in [2.24, 2.45) is 10.7 Å². The van der Waals surface area contributed by atoms with Crippen LogP contribution in [0.4, 0.5) is 5.95 Å². The number of nitrogens with zero attached hydrogens (tertiary/aromatic N) is 7. The normalized spacial score (nSPS) is 14.6. The van der Waals surface area contributed by atoms with Gasteiger partial charge in [-0.2, -0.15) is 4.98 Å². The molecular weight excluding hydrogens is 507 g/mol. The Bertz CT molecular complexity index is 959. The first-order chi connectivity index (χ1) is 13.7. The van der Waals surface area contributed by atoms with Gasteiger partial charge in [0.2, 0.25) is 17.7 Å². The minimum atomic E-state index is 0. The molecule has 0 atom stereocenters. The molecule has 0 saturated carbocycles. The lowest BCUT2D eigenvalue weighted by Gasteiger charge is -2.35. The molecule has 1 aromatic carbocycles. The molecule has 4 rings (SSSR count). The maximum absolute atomic E-state index is 6.14. The predicted molar refractivity (Wildman–Crippen MR) is 121 cm³/mol. The fraction of sp³-hybridized carbons (Fsp3) is 0.278. The molecular formula is C18H20ClIN8O. The van der Waals surface area contributed by atoms with E-state index in [1.807, 2.05) is 17.0 Å². The Balaban J connectivity index is 0.00000240. The van der Waals surface area contributed by atoms with Crippen molar-refractivity contribution in [1.82, 2.24) is 25.0 Å². The van der Waals surface area contributed by atoms with Crippen molar-refractivity contribution in [3.63, 3.8) is 0 Å². The number of rotatable bonds is 4. The van der Waals surface area contributed by atoms with Crippen LogP contribution >= 0.6 is 35.6 Å². The van der Waals surface area contributed by atoms with Crippen LogP contribution in [0.15, 0.2) is 52.2 Å². The zero-order chi connectivity index (χ0) is 19.3. The maximum atomic E-state index is 6.14. The fourth-order valence-electron chi connectivity index (χ4n) is 2.90. The van der Waals surface area contributed by atoms with Gasteiger partial charge in [-0.25, -0.2) is 15.0 Å². The number of anilines is 1. The Morgan fingerprint density at radius 3 is 2.62 bits per heavy atom. The molecule has 0 aliphatic carbocycles. The van der Waals surface area contributed by atoms with E-state index in [0.29, 0.717) is 22.7 Å². The number of nitrogens with two attached hydrogens (primary N) is 1. The van der Waals surface area contributed by atoms with E-state index in [0.717, 1.165) is 37.7 Å². The van der Waals surface area contributed by atoms with Gasteiger partial charge in [0, 0.05) is 49.2 Å². The highest BCUT2D eigenvalue weighted by molar-refractivity contribution is 14.0. The van der Waals surface area contributed by atoms with Crippen molar-refractivity contribution >= 4 is 47.5 Å². The first kappa shape index (κ1) is 21.2. The molecule has 1 aliphatic heterocycles. The number of halogens is 2. The molecule has 152 valence electrons. The van der Waals surface area contributed by atoms with Gasteiger partial charge in [-0.3, -0.25) is 0 Å². The lowest BCUT2D eigenvalue weighted by molar-refractivity contribution is 0.368. The van der Waals surface area contributed by atoms with Crippen molar-refractivity contribution in [2.75, 3.05) is 31.1 Å². The lowest BCUT2D eigenvalue weighted by atomic mass is 10.2. The molecule has 0 radical (unpaired) electrons. The van der Waals surface area contributed by atoms with E-state index < -0.39 is 0 Å². The zero-order valence-electron chi connectivity index (χ0n) is 15.5. The van der Waals surface area contributed by atoms with E-state index in [9.17, 15) is 0 Å². The van der Waals surface area contributed by atoms with Gasteiger partial charge in [-0.15, -0.1) is 24.0 Å². The summed E-state index contributed by atoms with van der Waals surface area (Å²) in [5.41, 5.74) is 6.93. The largest absolute Gasteiger partial charge is 0.370 e. The van der Waals surface area contributed by atoms with Crippen LogP contribution in [-0.2, 0) is 6.54 Å². The van der Waals surface area contributed by atoms with Crippen LogP contribution in [0.1, 0.15) is 5.89 Å². The molecule has 11 heteroatoms. The third-order valence-electron chi connectivity index (χ3n) is 4.37. The van der Waals surface area contributed by atoms with Crippen molar-refractivity contribution in [3.8, 4) is 11.4 Å². The molecule has 1 fully saturated rings. The van der Waals surface area contributed by atoms with E-state index >= 15 is 0 Å². The highest BCUT2D eigenvalue weighted by Gasteiger charge is 2.20. The summed E-state index contributed by atoms with van der Waals surface area (Å²) < 4.78 is 5.26. The number of hydrogen-bond donors (Lipinski definition) is 1. The zero-order valence-corrected chi connectivity index (χ0v) is 18.6. The Morgan fingerprint density at radius 1 is 1.14 bits per heavy atom. The van der Waals surface area contributed by atoms with Crippen LogP contribution in [0.3, 0.4) is 0 Å². The van der Waals surface area contributed by atoms with Crippen LogP contribution < -0.4 is 10.6 Å². The monoisotopic (exact) mass is 526 g/mol. The number of aromatic nitrogens is 4. The molecule has 2 N–H and O–H groups in total. The number of guanidine groups is 1. The molecule has 2 aromatic heterocycles. The van der Waals surface area contributed by atoms with Crippen LogP contribution in [-0.4, -0.2) is 57.1 Å². The van der Waals surface area contributed by atoms with Crippen molar-refractivity contribution in [1.29, 1.82) is 0 Å². The molecule has 3 heterocycles. The Kier molecular flexibility index (Phi) is 7.20. The van der Waals surface area contributed by atoms with Gasteiger partial charge in [-0.1, -0.05) is 28.9 Å². The Morgan fingerprint density at radius 2 is 1.90 bits per heavy atom. The van der Waals surface area contributed by atoms with E-state index in [1.165, 1.54) is 0 Å². The topological polar surface area (TPSA) is 110 Å². The first-order valence-electron chi connectivity index (χ1n) is 8.84. The summed E-state index contributed by atoms with van der Waals surface area (Å²) in [6.07, 6.45) is 3.49. The number of piperazine rings is 1. The molecule has 9 nitrogen and oxygen atoms in total. The van der Waals surface area contributed by atoms with Gasteiger partial charge in [0.1, 0.15) is 6.54 Å².